The lowest BCUT2D eigenvalue weighted by molar-refractivity contribution is -0.120. The zero-order valence-electron chi connectivity index (χ0n) is 17.1. The van der Waals surface area contributed by atoms with Gasteiger partial charge in [-0.15, -0.1) is 0 Å². The van der Waals surface area contributed by atoms with E-state index in [1.807, 2.05) is 41.1 Å². The van der Waals surface area contributed by atoms with Crippen molar-refractivity contribution in [1.29, 1.82) is 0 Å². The van der Waals surface area contributed by atoms with Crippen LogP contribution in [-0.4, -0.2) is 31.5 Å². The molecule has 7 nitrogen and oxygen atoms in total. The van der Waals surface area contributed by atoms with Crippen molar-refractivity contribution in [2.24, 2.45) is 5.73 Å². The van der Waals surface area contributed by atoms with Crippen molar-refractivity contribution in [2.45, 2.75) is 25.7 Å². The van der Waals surface area contributed by atoms with Crippen molar-refractivity contribution in [1.82, 2.24) is 14.5 Å². The predicted molar refractivity (Wildman–Crippen MR) is 120 cm³/mol. The van der Waals surface area contributed by atoms with Crippen LogP contribution >= 0.6 is 0 Å². The number of aliphatic hydroxyl groups excluding tert-OH is 1. The lowest BCUT2D eigenvalue weighted by Crippen LogP contribution is -2.43. The number of benzene rings is 2. The highest BCUT2D eigenvalue weighted by atomic mass is 16.3. The first-order valence-electron chi connectivity index (χ1n) is 10.1. The summed E-state index contributed by atoms with van der Waals surface area (Å²) in [6.07, 6.45) is 8.72. The Labute approximate surface area is 181 Å². The van der Waals surface area contributed by atoms with Crippen molar-refractivity contribution in [3.63, 3.8) is 0 Å². The van der Waals surface area contributed by atoms with E-state index >= 15 is 0 Å². The number of aromatic nitrogens is 2. The van der Waals surface area contributed by atoms with Crippen molar-refractivity contribution in [3.05, 3.63) is 108 Å². The fourth-order valence-corrected chi connectivity index (χ4v) is 3.54. The van der Waals surface area contributed by atoms with Crippen LogP contribution in [0, 0.1) is 0 Å². The number of nitrogens with two attached hydrogens (primary N) is 1. The van der Waals surface area contributed by atoms with Gasteiger partial charge >= 0.3 is 0 Å². The van der Waals surface area contributed by atoms with Crippen molar-refractivity contribution in [2.75, 3.05) is 5.32 Å². The van der Waals surface area contributed by atoms with Crippen molar-refractivity contribution in [3.8, 4) is 0 Å². The standard InChI is InChI=1S/C24H25N5O2/c25-15-18-8-10-20(11-9-18)27-24(31)23-21(30)7-4-13-29(23)17-22-26-12-14-28(22)16-19-5-2-1-3-6-19/h1-14,23,30H,15-17,25H2,(H,27,31). The van der Waals surface area contributed by atoms with Gasteiger partial charge in [0.05, 0.1) is 6.54 Å². The van der Waals surface area contributed by atoms with E-state index in [2.05, 4.69) is 22.4 Å². The highest BCUT2D eigenvalue weighted by molar-refractivity contribution is 5.96. The molecule has 2 aromatic carbocycles. The van der Waals surface area contributed by atoms with E-state index in [0.717, 1.165) is 17.0 Å². The number of allylic oxidation sites excluding steroid dienone is 2. The van der Waals surface area contributed by atoms with Gasteiger partial charge in [-0.25, -0.2) is 4.98 Å². The molecule has 0 bridgehead atoms. The molecule has 2 heterocycles. The number of carbonyl (C=O) groups excluding carboxylic acids is 1. The zero-order valence-corrected chi connectivity index (χ0v) is 17.1. The van der Waals surface area contributed by atoms with Crippen LogP contribution in [0.15, 0.2) is 91.1 Å². The number of anilines is 1. The fraction of sp³-hybridized carbons (Fsp3) is 0.167. The molecule has 1 aliphatic heterocycles. The number of aliphatic hydroxyl groups is 1. The summed E-state index contributed by atoms with van der Waals surface area (Å²) >= 11 is 0. The first-order chi connectivity index (χ1) is 15.1. The van der Waals surface area contributed by atoms with Crippen LogP contribution < -0.4 is 11.1 Å². The maximum atomic E-state index is 13.0. The maximum Gasteiger partial charge on any atom is 0.254 e. The van der Waals surface area contributed by atoms with Crippen molar-refractivity contribution < 1.29 is 9.90 Å². The van der Waals surface area contributed by atoms with Gasteiger partial charge in [0.2, 0.25) is 0 Å². The summed E-state index contributed by atoms with van der Waals surface area (Å²) in [4.78, 5) is 19.3. The van der Waals surface area contributed by atoms with Gasteiger partial charge in [-0.05, 0) is 35.4 Å². The third-order valence-corrected chi connectivity index (χ3v) is 5.18. The molecule has 1 unspecified atom stereocenters. The molecule has 158 valence electrons. The Morgan fingerprint density at radius 2 is 1.84 bits per heavy atom. The number of hydrogen-bond acceptors (Lipinski definition) is 5. The molecule has 3 aromatic rings. The van der Waals surface area contributed by atoms with Gasteiger partial charge in [-0.2, -0.15) is 0 Å². The lowest BCUT2D eigenvalue weighted by atomic mass is 10.1. The highest BCUT2D eigenvalue weighted by Crippen LogP contribution is 2.20. The molecule has 7 heteroatoms. The summed E-state index contributed by atoms with van der Waals surface area (Å²) in [6.45, 7) is 1.49. The molecule has 0 aliphatic carbocycles. The summed E-state index contributed by atoms with van der Waals surface area (Å²) in [7, 11) is 0. The van der Waals surface area contributed by atoms with Gasteiger partial charge in [-0.3, -0.25) is 4.79 Å². The third kappa shape index (κ3) is 4.84. The molecule has 0 radical (unpaired) electrons. The summed E-state index contributed by atoms with van der Waals surface area (Å²) in [6, 6.07) is 16.6. The number of imidazole rings is 1. The van der Waals surface area contributed by atoms with Crippen LogP contribution in [0.4, 0.5) is 5.69 Å². The Kier molecular flexibility index (Phi) is 6.14. The van der Waals surface area contributed by atoms with E-state index in [9.17, 15) is 9.90 Å². The van der Waals surface area contributed by atoms with E-state index in [-0.39, 0.29) is 11.7 Å². The van der Waals surface area contributed by atoms with E-state index in [4.69, 9.17) is 5.73 Å². The maximum absolute atomic E-state index is 13.0. The Balaban J connectivity index is 1.49. The number of nitrogens with one attached hydrogen (secondary N) is 1. The first kappa shape index (κ1) is 20.4. The van der Waals surface area contributed by atoms with Gasteiger partial charge < -0.3 is 25.6 Å². The quantitative estimate of drug-likeness (QED) is 0.551. The minimum atomic E-state index is -0.846. The minimum Gasteiger partial charge on any atom is -0.510 e. The second kappa shape index (κ2) is 9.32. The fourth-order valence-electron chi connectivity index (χ4n) is 3.54. The average molecular weight is 415 g/mol. The molecule has 4 rings (SSSR count). The molecule has 31 heavy (non-hydrogen) atoms. The third-order valence-electron chi connectivity index (χ3n) is 5.18. The van der Waals surface area contributed by atoms with E-state index in [1.165, 1.54) is 6.08 Å². The summed E-state index contributed by atoms with van der Waals surface area (Å²) in [5, 5.41) is 13.3. The SMILES string of the molecule is NCc1ccc(NC(=O)C2C(O)=CC=CN2Cc2nccn2Cc2ccccc2)cc1. The molecular weight excluding hydrogens is 390 g/mol. The molecule has 0 saturated carbocycles. The number of rotatable bonds is 7. The summed E-state index contributed by atoms with van der Waals surface area (Å²) in [5.41, 5.74) is 8.42. The summed E-state index contributed by atoms with van der Waals surface area (Å²) in [5.74, 6) is 0.466. The van der Waals surface area contributed by atoms with Crippen LogP contribution in [-0.2, 0) is 24.4 Å². The van der Waals surface area contributed by atoms with Gasteiger partial charge in [0, 0.05) is 37.4 Å². The van der Waals surface area contributed by atoms with Gasteiger partial charge in [-0.1, -0.05) is 42.5 Å². The monoisotopic (exact) mass is 415 g/mol. The second-order valence-corrected chi connectivity index (χ2v) is 7.36. The lowest BCUT2D eigenvalue weighted by Gasteiger charge is -2.31. The molecule has 1 amide bonds. The normalized spacial score (nSPS) is 15.6. The van der Waals surface area contributed by atoms with Gasteiger partial charge in [0.1, 0.15) is 11.6 Å². The Hall–Kier alpha value is -3.84. The van der Waals surface area contributed by atoms with Crippen LogP contribution in [0.2, 0.25) is 0 Å². The van der Waals surface area contributed by atoms with Crippen LogP contribution in [0.3, 0.4) is 0 Å². The van der Waals surface area contributed by atoms with E-state index in [1.54, 1.807) is 35.5 Å². The Morgan fingerprint density at radius 3 is 2.58 bits per heavy atom. The number of amides is 1. The van der Waals surface area contributed by atoms with Crippen LogP contribution in [0.5, 0.6) is 0 Å². The molecular formula is C24H25N5O2. The number of carbonyl (C=O) groups is 1. The first-order valence-corrected chi connectivity index (χ1v) is 10.1. The number of nitrogens with zero attached hydrogens (tertiary/aromatic N) is 3. The molecule has 0 fully saturated rings. The van der Waals surface area contributed by atoms with Crippen LogP contribution in [0.25, 0.3) is 0 Å². The highest BCUT2D eigenvalue weighted by Gasteiger charge is 2.30. The predicted octanol–water partition coefficient (Wildman–Crippen LogP) is 3.17. The minimum absolute atomic E-state index is 0.0141. The van der Waals surface area contributed by atoms with E-state index in [0.29, 0.717) is 25.3 Å². The van der Waals surface area contributed by atoms with Gasteiger partial charge in [0.25, 0.3) is 5.91 Å². The molecule has 1 atom stereocenters. The van der Waals surface area contributed by atoms with Gasteiger partial charge in [0.15, 0.2) is 6.04 Å². The Bertz CT molecular complexity index is 1090. The van der Waals surface area contributed by atoms with E-state index < -0.39 is 6.04 Å². The topological polar surface area (TPSA) is 96.4 Å². The van der Waals surface area contributed by atoms with Crippen molar-refractivity contribution >= 4 is 11.6 Å². The average Bonchev–Trinajstić information content (AvgIpc) is 3.21. The summed E-state index contributed by atoms with van der Waals surface area (Å²) < 4.78 is 2.04. The molecule has 0 spiro atoms. The van der Waals surface area contributed by atoms with Crippen LogP contribution in [0.1, 0.15) is 17.0 Å². The Morgan fingerprint density at radius 1 is 1.06 bits per heavy atom. The smallest absolute Gasteiger partial charge is 0.254 e. The number of hydrogen-bond donors (Lipinski definition) is 3. The zero-order chi connectivity index (χ0) is 21.6. The molecule has 4 N–H and O–H groups in total. The second-order valence-electron chi connectivity index (χ2n) is 7.36. The molecule has 0 saturated heterocycles. The molecule has 1 aliphatic rings. The largest absolute Gasteiger partial charge is 0.510 e. The molecule has 1 aromatic heterocycles.